The lowest BCUT2D eigenvalue weighted by atomic mass is 9.72. The summed E-state index contributed by atoms with van der Waals surface area (Å²) in [5, 5.41) is 0. The van der Waals surface area contributed by atoms with Crippen molar-refractivity contribution in [1.82, 2.24) is 4.98 Å². The molecule has 2 aliphatic heterocycles. The molecule has 5 heteroatoms. The Balaban J connectivity index is 1.25. The number of fused-ring (bicyclic) bond motifs is 5. The van der Waals surface area contributed by atoms with Gasteiger partial charge in [0, 0.05) is 29.7 Å². The lowest BCUT2D eigenvalue weighted by Gasteiger charge is -2.44. The van der Waals surface area contributed by atoms with Crippen molar-refractivity contribution in [1.29, 1.82) is 0 Å². The Labute approximate surface area is 402 Å². The van der Waals surface area contributed by atoms with E-state index in [0.717, 1.165) is 52.1 Å². The van der Waals surface area contributed by atoms with Crippen molar-refractivity contribution >= 4 is 28.7 Å². The quantitative estimate of drug-likeness (QED) is 0.160. The molecule has 3 heterocycles. The molecular formula is C62H74N4O. The van der Waals surface area contributed by atoms with Gasteiger partial charge in [0.1, 0.15) is 23.2 Å². The number of pyridine rings is 1. The largest absolute Gasteiger partial charge is 0.457 e. The fraction of sp³-hybridized carbons (Fsp3) is 0.419. The van der Waals surface area contributed by atoms with Crippen molar-refractivity contribution in [3.05, 3.63) is 170 Å². The maximum absolute atomic E-state index is 7.32. The van der Waals surface area contributed by atoms with Gasteiger partial charge in [-0.15, -0.1) is 0 Å². The highest BCUT2D eigenvalue weighted by atomic mass is 16.5. The number of amidine groups is 1. The number of benzene rings is 5. The van der Waals surface area contributed by atoms with Crippen molar-refractivity contribution in [2.75, 3.05) is 9.80 Å². The van der Waals surface area contributed by atoms with Crippen molar-refractivity contribution in [3.63, 3.8) is 0 Å². The van der Waals surface area contributed by atoms with Gasteiger partial charge in [-0.1, -0.05) is 131 Å². The van der Waals surface area contributed by atoms with Crippen LogP contribution in [0, 0.1) is 27.7 Å². The zero-order valence-corrected chi connectivity index (χ0v) is 43.8. The van der Waals surface area contributed by atoms with Gasteiger partial charge in [-0.05, 0) is 168 Å². The zero-order valence-electron chi connectivity index (χ0n) is 43.8. The van der Waals surface area contributed by atoms with E-state index < -0.39 is 11.1 Å². The number of rotatable bonds is 7. The van der Waals surface area contributed by atoms with Crippen LogP contribution in [0.25, 0.3) is 0 Å². The number of aromatic nitrogens is 1. The van der Waals surface area contributed by atoms with E-state index in [0.29, 0.717) is 11.8 Å². The van der Waals surface area contributed by atoms with E-state index in [1.54, 1.807) is 0 Å². The first-order chi connectivity index (χ1) is 31.2. The molecule has 0 fully saturated rings. The normalized spacial score (nSPS) is 19.7. The van der Waals surface area contributed by atoms with E-state index in [2.05, 4.69) is 225 Å². The van der Waals surface area contributed by atoms with Crippen LogP contribution >= 0.6 is 0 Å². The van der Waals surface area contributed by atoms with Gasteiger partial charge in [-0.3, -0.25) is 9.89 Å². The SMILES string of the molecule is Cc1ccc2c(c1)C(C)(C)c1cc(C)c(Oc3cc(C4=N[C@]5(C)Cc6cc(C)c(C)cc6[C@]5(C)N4c4c(C(C)C)cccc4C(C)C)cc(C(C)(C)C)c3)cc1N2c1cc(C(C)(C)C)ccn1. The third kappa shape index (κ3) is 7.42. The van der Waals surface area contributed by atoms with Crippen LogP contribution in [0.4, 0.5) is 22.9 Å². The average molecular weight is 891 g/mol. The van der Waals surface area contributed by atoms with Crippen LogP contribution in [0.5, 0.6) is 11.5 Å². The number of aliphatic imine (C=N–C) groups is 1. The molecule has 2 atom stereocenters. The first kappa shape index (κ1) is 46.4. The molecule has 5 aromatic carbocycles. The third-order valence-electron chi connectivity index (χ3n) is 15.8. The van der Waals surface area contributed by atoms with E-state index in [4.69, 9.17) is 14.7 Å². The number of para-hydroxylation sites is 1. The number of aryl methyl sites for hydroxylation is 4. The Hall–Kier alpha value is -5.68. The summed E-state index contributed by atoms with van der Waals surface area (Å²) in [6.07, 6.45) is 2.84. The Morgan fingerprint density at radius 2 is 1.25 bits per heavy atom. The molecule has 0 saturated carbocycles. The van der Waals surface area contributed by atoms with Crippen LogP contribution in [0.2, 0.25) is 0 Å². The lowest BCUT2D eigenvalue weighted by molar-refractivity contribution is 0.321. The molecule has 0 unspecified atom stereocenters. The second kappa shape index (κ2) is 15.7. The minimum atomic E-state index is -0.442. The topological polar surface area (TPSA) is 41.0 Å². The molecule has 67 heavy (non-hydrogen) atoms. The Morgan fingerprint density at radius 1 is 0.627 bits per heavy atom. The first-order valence-electron chi connectivity index (χ1n) is 24.7. The van der Waals surface area contributed by atoms with E-state index in [1.807, 2.05) is 6.20 Å². The zero-order chi connectivity index (χ0) is 48.5. The number of hydrogen-bond donors (Lipinski definition) is 0. The van der Waals surface area contributed by atoms with Gasteiger partial charge in [0.25, 0.3) is 0 Å². The standard InChI is InChI=1S/C62H74N4O/c1-36(2)47-20-19-21-48(37(3)4)56(47)66-57(64-61(17)35-43-27-39(6)40(7)28-49(43)62(61,66)18)42-30-45(59(12,13)14)32-46(31-42)67-54-34-53-51(29-41(54)8)60(15,16)50-26-38(5)22-23-52(50)65(53)55-33-44(24-25-63-55)58(9,10)11/h19-34,36-37H,35H2,1-18H3/t61-,62+/m1/s1. The molecule has 0 spiro atoms. The minimum Gasteiger partial charge on any atom is -0.457 e. The van der Waals surface area contributed by atoms with Gasteiger partial charge in [0.15, 0.2) is 0 Å². The number of hydrogen-bond acceptors (Lipinski definition) is 5. The molecule has 0 bridgehead atoms. The van der Waals surface area contributed by atoms with Crippen LogP contribution in [-0.2, 0) is 28.2 Å². The fourth-order valence-electron chi connectivity index (χ4n) is 11.3. The van der Waals surface area contributed by atoms with Crippen molar-refractivity contribution in [3.8, 4) is 11.5 Å². The van der Waals surface area contributed by atoms with Crippen molar-refractivity contribution in [2.24, 2.45) is 4.99 Å². The Bertz CT molecular complexity index is 2980. The number of anilines is 4. The molecule has 348 valence electrons. The number of nitrogens with zero attached hydrogens (tertiary/aromatic N) is 4. The molecule has 0 N–H and O–H groups in total. The molecular weight excluding hydrogens is 817 g/mol. The first-order valence-corrected chi connectivity index (χ1v) is 24.7. The van der Waals surface area contributed by atoms with E-state index in [-0.39, 0.29) is 16.2 Å². The highest BCUT2D eigenvalue weighted by molar-refractivity contribution is 6.14. The monoisotopic (exact) mass is 891 g/mol. The van der Waals surface area contributed by atoms with E-state index >= 15 is 0 Å². The Kier molecular flexibility index (Phi) is 10.9. The molecule has 0 saturated heterocycles. The van der Waals surface area contributed by atoms with Crippen LogP contribution in [0.1, 0.15) is 181 Å². The summed E-state index contributed by atoms with van der Waals surface area (Å²) in [5.41, 5.74) is 18.7. The predicted octanol–water partition coefficient (Wildman–Crippen LogP) is 16.6. The van der Waals surface area contributed by atoms with E-state index in [1.165, 1.54) is 66.9 Å². The second-order valence-corrected chi connectivity index (χ2v) is 23.8. The summed E-state index contributed by atoms with van der Waals surface area (Å²) in [7, 11) is 0. The lowest BCUT2D eigenvalue weighted by Crippen LogP contribution is -2.52. The summed E-state index contributed by atoms with van der Waals surface area (Å²) in [5.74, 6) is 4.16. The van der Waals surface area contributed by atoms with Gasteiger partial charge in [0.05, 0.1) is 28.1 Å². The molecule has 5 nitrogen and oxygen atoms in total. The molecule has 6 aromatic rings. The van der Waals surface area contributed by atoms with Crippen molar-refractivity contribution in [2.45, 2.75) is 170 Å². The number of ether oxygens (including phenoxy) is 1. The molecule has 3 aliphatic rings. The summed E-state index contributed by atoms with van der Waals surface area (Å²) >= 11 is 0. The predicted molar refractivity (Wildman–Crippen MR) is 283 cm³/mol. The van der Waals surface area contributed by atoms with Crippen LogP contribution in [0.3, 0.4) is 0 Å². The highest BCUT2D eigenvalue weighted by Gasteiger charge is 2.62. The summed E-state index contributed by atoms with van der Waals surface area (Å²) in [4.78, 5) is 16.1. The van der Waals surface area contributed by atoms with Crippen LogP contribution < -0.4 is 14.5 Å². The van der Waals surface area contributed by atoms with Crippen molar-refractivity contribution < 1.29 is 4.74 Å². The maximum atomic E-state index is 7.32. The molecule has 1 aromatic heterocycles. The van der Waals surface area contributed by atoms with Gasteiger partial charge < -0.3 is 9.64 Å². The highest BCUT2D eigenvalue weighted by Crippen LogP contribution is 2.59. The fourth-order valence-corrected chi connectivity index (χ4v) is 11.3. The summed E-state index contributed by atoms with van der Waals surface area (Å²) in [6.45, 7) is 41.5. The van der Waals surface area contributed by atoms with Gasteiger partial charge in [-0.2, -0.15) is 0 Å². The molecule has 1 aliphatic carbocycles. The molecule has 9 rings (SSSR count). The van der Waals surface area contributed by atoms with Crippen LogP contribution in [-0.4, -0.2) is 16.4 Å². The van der Waals surface area contributed by atoms with Gasteiger partial charge >= 0.3 is 0 Å². The smallest absolute Gasteiger partial charge is 0.137 e. The average Bonchev–Trinajstić information content (AvgIpc) is 3.60. The summed E-state index contributed by atoms with van der Waals surface area (Å²) in [6, 6.07) is 34.6. The second-order valence-electron chi connectivity index (χ2n) is 23.8. The minimum absolute atomic E-state index is 0.0374. The Morgan fingerprint density at radius 3 is 1.90 bits per heavy atom. The van der Waals surface area contributed by atoms with E-state index in [9.17, 15) is 0 Å². The van der Waals surface area contributed by atoms with Gasteiger partial charge in [-0.25, -0.2) is 4.98 Å². The van der Waals surface area contributed by atoms with Crippen LogP contribution in [0.15, 0.2) is 102 Å². The maximum Gasteiger partial charge on any atom is 0.137 e. The molecule has 0 radical (unpaired) electrons. The third-order valence-corrected chi connectivity index (χ3v) is 15.8. The van der Waals surface area contributed by atoms with Gasteiger partial charge in [0.2, 0.25) is 0 Å². The molecule has 0 amide bonds. The summed E-state index contributed by atoms with van der Waals surface area (Å²) < 4.78 is 7.32.